The maximum Gasteiger partial charge on any atom is 0.123 e. The molecule has 3 rings (SSSR count). The summed E-state index contributed by atoms with van der Waals surface area (Å²) < 4.78 is 7.82. The van der Waals surface area contributed by atoms with Crippen LogP contribution in [0.2, 0.25) is 0 Å². The predicted octanol–water partition coefficient (Wildman–Crippen LogP) is 2.23. The van der Waals surface area contributed by atoms with Gasteiger partial charge in [-0.3, -0.25) is 0 Å². The molecule has 1 N–H and O–H groups in total. The standard InChI is InChI=1S/C15H21N3O/c1-11-15(2,8-9-19-11)16-10-14-17-12-6-4-5-7-13(12)18(14)3/h4-7,11,16H,8-10H2,1-3H3. The van der Waals surface area contributed by atoms with Crippen molar-refractivity contribution in [2.45, 2.75) is 38.5 Å². The third kappa shape index (κ3) is 2.15. The molecule has 1 aliphatic heterocycles. The minimum atomic E-state index is 0.0537. The van der Waals surface area contributed by atoms with Gasteiger partial charge in [0, 0.05) is 19.2 Å². The number of nitrogens with zero attached hydrogens (tertiary/aromatic N) is 2. The number of aromatic nitrogens is 2. The van der Waals surface area contributed by atoms with Crippen LogP contribution < -0.4 is 5.32 Å². The molecule has 0 saturated carbocycles. The average molecular weight is 259 g/mol. The lowest BCUT2D eigenvalue weighted by atomic mass is 9.95. The lowest BCUT2D eigenvalue weighted by molar-refractivity contribution is 0.0878. The Kier molecular flexibility index (Phi) is 3.07. The van der Waals surface area contributed by atoms with Crippen molar-refractivity contribution in [2.75, 3.05) is 6.61 Å². The minimum Gasteiger partial charge on any atom is -0.377 e. The van der Waals surface area contributed by atoms with Crippen LogP contribution in [0.1, 0.15) is 26.1 Å². The first-order chi connectivity index (χ1) is 9.10. The summed E-state index contributed by atoms with van der Waals surface area (Å²) in [5.74, 6) is 1.07. The quantitative estimate of drug-likeness (QED) is 0.918. The second-order valence-electron chi connectivity index (χ2n) is 5.61. The van der Waals surface area contributed by atoms with Crippen molar-refractivity contribution < 1.29 is 4.74 Å². The molecule has 0 aliphatic carbocycles. The molecule has 2 aromatic rings. The largest absolute Gasteiger partial charge is 0.377 e. The third-order valence-electron chi connectivity index (χ3n) is 4.42. The van der Waals surface area contributed by atoms with Crippen molar-refractivity contribution in [3.8, 4) is 0 Å². The molecule has 2 unspecified atom stereocenters. The molecular formula is C15H21N3O. The molecule has 1 fully saturated rings. The normalized spacial score (nSPS) is 27.2. The van der Waals surface area contributed by atoms with Crippen LogP contribution in [0.25, 0.3) is 11.0 Å². The fourth-order valence-electron chi connectivity index (χ4n) is 2.70. The van der Waals surface area contributed by atoms with Crippen LogP contribution >= 0.6 is 0 Å². The summed E-state index contributed by atoms with van der Waals surface area (Å²) in [5.41, 5.74) is 2.29. The summed E-state index contributed by atoms with van der Waals surface area (Å²) in [4.78, 5) is 4.69. The minimum absolute atomic E-state index is 0.0537. The van der Waals surface area contributed by atoms with Gasteiger partial charge in [0.25, 0.3) is 0 Å². The van der Waals surface area contributed by atoms with Crippen LogP contribution in [0.4, 0.5) is 0 Å². The van der Waals surface area contributed by atoms with Crippen molar-refractivity contribution in [1.82, 2.24) is 14.9 Å². The molecule has 2 heterocycles. The van der Waals surface area contributed by atoms with Crippen molar-refractivity contribution in [2.24, 2.45) is 7.05 Å². The van der Waals surface area contributed by atoms with Crippen LogP contribution in [0.5, 0.6) is 0 Å². The summed E-state index contributed by atoms with van der Waals surface area (Å²) in [6.07, 6.45) is 1.31. The second kappa shape index (κ2) is 4.62. The summed E-state index contributed by atoms with van der Waals surface area (Å²) in [6.45, 7) is 5.98. The number of fused-ring (bicyclic) bond motifs is 1. The van der Waals surface area contributed by atoms with E-state index < -0.39 is 0 Å². The van der Waals surface area contributed by atoms with E-state index in [1.807, 2.05) is 6.07 Å². The van der Waals surface area contributed by atoms with Crippen molar-refractivity contribution in [3.63, 3.8) is 0 Å². The van der Waals surface area contributed by atoms with Gasteiger partial charge in [-0.2, -0.15) is 0 Å². The lowest BCUT2D eigenvalue weighted by Crippen LogP contribution is -2.47. The van der Waals surface area contributed by atoms with Crippen molar-refractivity contribution in [1.29, 1.82) is 0 Å². The van der Waals surface area contributed by atoms with Crippen LogP contribution in [0.3, 0.4) is 0 Å². The molecule has 1 aliphatic rings. The molecule has 4 nitrogen and oxygen atoms in total. The highest BCUT2D eigenvalue weighted by molar-refractivity contribution is 5.75. The van der Waals surface area contributed by atoms with Crippen molar-refractivity contribution in [3.05, 3.63) is 30.1 Å². The predicted molar refractivity (Wildman–Crippen MR) is 76.0 cm³/mol. The Hall–Kier alpha value is -1.39. The van der Waals surface area contributed by atoms with Gasteiger partial charge in [0.05, 0.1) is 23.7 Å². The molecule has 0 spiro atoms. The van der Waals surface area contributed by atoms with Crippen LogP contribution in [-0.2, 0) is 18.3 Å². The van der Waals surface area contributed by atoms with E-state index in [0.29, 0.717) is 0 Å². The van der Waals surface area contributed by atoms with E-state index in [4.69, 9.17) is 4.74 Å². The van der Waals surface area contributed by atoms with Gasteiger partial charge in [-0.05, 0) is 32.4 Å². The maximum absolute atomic E-state index is 5.66. The first-order valence-electron chi connectivity index (χ1n) is 6.87. The Bertz CT molecular complexity index is 592. The molecule has 2 atom stereocenters. The van der Waals surface area contributed by atoms with E-state index in [2.05, 4.69) is 54.0 Å². The van der Waals surface area contributed by atoms with E-state index in [9.17, 15) is 0 Å². The number of nitrogens with one attached hydrogen (secondary N) is 1. The summed E-state index contributed by atoms with van der Waals surface area (Å²) >= 11 is 0. The number of aryl methyl sites for hydroxylation is 1. The van der Waals surface area contributed by atoms with E-state index in [1.165, 1.54) is 5.52 Å². The number of hydrogen-bond acceptors (Lipinski definition) is 3. The zero-order valence-electron chi connectivity index (χ0n) is 11.8. The summed E-state index contributed by atoms with van der Waals surface area (Å²) in [6, 6.07) is 8.24. The number of para-hydroxylation sites is 2. The molecule has 0 amide bonds. The Morgan fingerprint density at radius 1 is 1.47 bits per heavy atom. The smallest absolute Gasteiger partial charge is 0.123 e. The molecule has 0 bridgehead atoms. The topological polar surface area (TPSA) is 39.1 Å². The molecule has 19 heavy (non-hydrogen) atoms. The van der Waals surface area contributed by atoms with Gasteiger partial charge in [0.15, 0.2) is 0 Å². The monoisotopic (exact) mass is 259 g/mol. The van der Waals surface area contributed by atoms with E-state index in [1.54, 1.807) is 0 Å². The second-order valence-corrected chi connectivity index (χ2v) is 5.61. The van der Waals surface area contributed by atoms with Crippen LogP contribution in [-0.4, -0.2) is 27.8 Å². The van der Waals surface area contributed by atoms with Gasteiger partial charge in [0.1, 0.15) is 5.82 Å². The summed E-state index contributed by atoms with van der Waals surface area (Å²) in [7, 11) is 2.07. The molecular weight excluding hydrogens is 238 g/mol. The van der Waals surface area contributed by atoms with Gasteiger partial charge < -0.3 is 14.6 Å². The zero-order chi connectivity index (χ0) is 13.5. The third-order valence-corrected chi connectivity index (χ3v) is 4.42. The highest BCUT2D eigenvalue weighted by atomic mass is 16.5. The van der Waals surface area contributed by atoms with Gasteiger partial charge >= 0.3 is 0 Å². The van der Waals surface area contributed by atoms with E-state index in [0.717, 1.165) is 30.9 Å². The number of imidazole rings is 1. The Balaban J connectivity index is 1.80. The van der Waals surface area contributed by atoms with Gasteiger partial charge in [-0.25, -0.2) is 4.98 Å². The number of benzene rings is 1. The Morgan fingerprint density at radius 2 is 2.26 bits per heavy atom. The fourth-order valence-corrected chi connectivity index (χ4v) is 2.70. The molecule has 1 saturated heterocycles. The molecule has 4 heteroatoms. The van der Waals surface area contributed by atoms with E-state index in [-0.39, 0.29) is 11.6 Å². The average Bonchev–Trinajstić information content (AvgIpc) is 2.90. The molecule has 1 aromatic heterocycles. The van der Waals surface area contributed by atoms with Gasteiger partial charge in [-0.1, -0.05) is 12.1 Å². The van der Waals surface area contributed by atoms with Gasteiger partial charge in [-0.15, -0.1) is 0 Å². The molecule has 102 valence electrons. The van der Waals surface area contributed by atoms with E-state index >= 15 is 0 Å². The SMILES string of the molecule is CC1OCCC1(C)NCc1nc2ccccc2n1C. The fraction of sp³-hybridized carbons (Fsp3) is 0.533. The molecule has 1 aromatic carbocycles. The zero-order valence-corrected chi connectivity index (χ0v) is 11.8. The first-order valence-corrected chi connectivity index (χ1v) is 6.87. The van der Waals surface area contributed by atoms with Crippen molar-refractivity contribution >= 4 is 11.0 Å². The number of hydrogen-bond donors (Lipinski definition) is 1. The number of ether oxygens (including phenoxy) is 1. The molecule has 0 radical (unpaired) electrons. The van der Waals surface area contributed by atoms with Crippen LogP contribution in [0.15, 0.2) is 24.3 Å². The highest BCUT2D eigenvalue weighted by Crippen LogP contribution is 2.25. The Labute approximate surface area is 113 Å². The Morgan fingerprint density at radius 3 is 2.95 bits per heavy atom. The lowest BCUT2D eigenvalue weighted by Gasteiger charge is -2.28. The number of rotatable bonds is 3. The summed E-state index contributed by atoms with van der Waals surface area (Å²) in [5, 5.41) is 3.62. The van der Waals surface area contributed by atoms with Gasteiger partial charge in [0.2, 0.25) is 0 Å². The van der Waals surface area contributed by atoms with Crippen LogP contribution in [0, 0.1) is 0 Å². The highest BCUT2D eigenvalue weighted by Gasteiger charge is 2.36. The first kappa shape index (κ1) is 12.6. The maximum atomic E-state index is 5.66.